The number of hydrogen-bond donors (Lipinski definition) is 0. The van der Waals surface area contributed by atoms with Crippen LogP contribution in [-0.4, -0.2) is 11.2 Å². The lowest BCUT2D eigenvalue weighted by atomic mass is 10.2. The molecule has 0 unspecified atom stereocenters. The molecule has 1 aromatic carbocycles. The summed E-state index contributed by atoms with van der Waals surface area (Å²) < 4.78 is 7.23. The summed E-state index contributed by atoms with van der Waals surface area (Å²) in [6.07, 6.45) is 2.16. The van der Waals surface area contributed by atoms with Crippen LogP contribution in [0.25, 0.3) is 0 Å². The Hall–Kier alpha value is -2.54. The van der Waals surface area contributed by atoms with E-state index in [9.17, 15) is 4.79 Å². The summed E-state index contributed by atoms with van der Waals surface area (Å²) in [5.41, 5.74) is 1.71. The van der Waals surface area contributed by atoms with Gasteiger partial charge < -0.3 is 9.30 Å². The van der Waals surface area contributed by atoms with E-state index in [2.05, 4.69) is 6.07 Å². The van der Waals surface area contributed by atoms with E-state index in [4.69, 9.17) is 10.00 Å². The number of hydrogen-bond acceptors (Lipinski definition) is 3. The predicted octanol–water partition coefficient (Wildman–Crippen LogP) is 2.30. The monoisotopic (exact) mass is 268 g/mol. The van der Waals surface area contributed by atoms with Crippen LogP contribution in [0.2, 0.25) is 0 Å². The second kappa shape index (κ2) is 6.58. The van der Waals surface area contributed by atoms with E-state index < -0.39 is 0 Å². The van der Waals surface area contributed by atoms with Crippen LogP contribution in [0.5, 0.6) is 5.75 Å². The smallest absolute Gasteiger partial charge is 0.253 e. The molecule has 1 aromatic heterocycles. The molecule has 102 valence electrons. The van der Waals surface area contributed by atoms with Crippen LogP contribution in [0.4, 0.5) is 0 Å². The fourth-order valence-corrected chi connectivity index (χ4v) is 1.89. The highest BCUT2D eigenvalue weighted by molar-refractivity contribution is 5.28. The number of rotatable bonds is 5. The predicted molar refractivity (Wildman–Crippen MR) is 76.7 cm³/mol. The third-order valence-electron chi connectivity index (χ3n) is 3.02. The van der Waals surface area contributed by atoms with Gasteiger partial charge in [-0.25, -0.2) is 0 Å². The topological polar surface area (TPSA) is 55.0 Å². The number of benzene rings is 1. The van der Waals surface area contributed by atoms with Gasteiger partial charge in [-0.05, 0) is 30.7 Å². The fraction of sp³-hybridized carbons (Fsp3) is 0.250. The van der Waals surface area contributed by atoms with Gasteiger partial charge in [-0.3, -0.25) is 4.79 Å². The van der Waals surface area contributed by atoms with Crippen molar-refractivity contribution in [2.75, 3.05) is 6.61 Å². The normalized spacial score (nSPS) is 10.0. The highest BCUT2D eigenvalue weighted by Crippen LogP contribution is 2.12. The summed E-state index contributed by atoms with van der Waals surface area (Å²) in [4.78, 5) is 11.8. The van der Waals surface area contributed by atoms with Crippen LogP contribution >= 0.6 is 0 Å². The summed E-state index contributed by atoms with van der Waals surface area (Å²) >= 11 is 0. The Morgan fingerprint density at radius 3 is 2.70 bits per heavy atom. The van der Waals surface area contributed by atoms with E-state index in [0.717, 1.165) is 16.9 Å². The van der Waals surface area contributed by atoms with E-state index in [1.54, 1.807) is 23.8 Å². The molecule has 20 heavy (non-hydrogen) atoms. The third-order valence-corrected chi connectivity index (χ3v) is 3.02. The molecule has 2 rings (SSSR count). The van der Waals surface area contributed by atoms with Crippen molar-refractivity contribution in [1.82, 2.24) is 4.57 Å². The molecule has 0 aliphatic carbocycles. The lowest BCUT2D eigenvalue weighted by molar-refractivity contribution is 0.296. The first kappa shape index (κ1) is 13.9. The van der Waals surface area contributed by atoms with Crippen molar-refractivity contribution in [1.29, 1.82) is 5.26 Å². The summed E-state index contributed by atoms with van der Waals surface area (Å²) in [6, 6.07) is 13.2. The molecule has 0 aliphatic rings. The van der Waals surface area contributed by atoms with Crippen molar-refractivity contribution in [3.63, 3.8) is 0 Å². The van der Waals surface area contributed by atoms with Crippen molar-refractivity contribution >= 4 is 0 Å². The Balaban J connectivity index is 1.91. The Morgan fingerprint density at radius 1 is 1.25 bits per heavy atom. The Kier molecular flexibility index (Phi) is 4.56. The molecule has 0 spiro atoms. The van der Waals surface area contributed by atoms with Gasteiger partial charge in [0.25, 0.3) is 5.56 Å². The number of aromatic nitrogens is 1. The SMILES string of the molecule is Cc1cccn(CCOc2ccc(CC#N)cc2)c1=O. The second-order valence-corrected chi connectivity index (χ2v) is 4.52. The molecule has 0 amide bonds. The van der Waals surface area contributed by atoms with Crippen LogP contribution < -0.4 is 10.3 Å². The zero-order valence-corrected chi connectivity index (χ0v) is 11.4. The van der Waals surface area contributed by atoms with E-state index >= 15 is 0 Å². The molecule has 0 bridgehead atoms. The van der Waals surface area contributed by atoms with Gasteiger partial charge in [0.1, 0.15) is 12.4 Å². The molecule has 0 saturated carbocycles. The number of aryl methyl sites for hydroxylation is 1. The minimum atomic E-state index is 0.0143. The Bertz CT molecular complexity index is 666. The van der Waals surface area contributed by atoms with E-state index in [-0.39, 0.29) is 5.56 Å². The van der Waals surface area contributed by atoms with Crippen LogP contribution in [0.3, 0.4) is 0 Å². The largest absolute Gasteiger partial charge is 0.492 e. The van der Waals surface area contributed by atoms with Gasteiger partial charge in [-0.2, -0.15) is 5.26 Å². The van der Waals surface area contributed by atoms with Gasteiger partial charge in [0.05, 0.1) is 19.0 Å². The minimum absolute atomic E-state index is 0.0143. The average molecular weight is 268 g/mol. The summed E-state index contributed by atoms with van der Waals surface area (Å²) in [5, 5.41) is 8.59. The molecule has 0 N–H and O–H groups in total. The zero-order chi connectivity index (χ0) is 14.4. The first-order chi connectivity index (χ1) is 9.70. The molecular formula is C16H16N2O2. The minimum Gasteiger partial charge on any atom is -0.492 e. The first-order valence-corrected chi connectivity index (χ1v) is 6.45. The van der Waals surface area contributed by atoms with E-state index in [1.807, 2.05) is 30.3 Å². The van der Waals surface area contributed by atoms with Gasteiger partial charge >= 0.3 is 0 Å². The molecule has 0 atom stereocenters. The van der Waals surface area contributed by atoms with Crippen molar-refractivity contribution in [2.24, 2.45) is 0 Å². The van der Waals surface area contributed by atoms with Crippen molar-refractivity contribution in [2.45, 2.75) is 19.9 Å². The van der Waals surface area contributed by atoms with Crippen LogP contribution in [0, 0.1) is 18.3 Å². The second-order valence-electron chi connectivity index (χ2n) is 4.52. The molecular weight excluding hydrogens is 252 g/mol. The van der Waals surface area contributed by atoms with Gasteiger partial charge in [-0.1, -0.05) is 18.2 Å². The van der Waals surface area contributed by atoms with Crippen LogP contribution in [0.1, 0.15) is 11.1 Å². The lowest BCUT2D eigenvalue weighted by Gasteiger charge is -2.09. The first-order valence-electron chi connectivity index (χ1n) is 6.45. The highest BCUT2D eigenvalue weighted by atomic mass is 16.5. The molecule has 4 heteroatoms. The molecule has 0 saturated heterocycles. The maximum Gasteiger partial charge on any atom is 0.253 e. The van der Waals surface area contributed by atoms with Gasteiger partial charge in [0.2, 0.25) is 0 Å². The van der Waals surface area contributed by atoms with Gasteiger partial charge in [0, 0.05) is 11.8 Å². The molecule has 0 fully saturated rings. The summed E-state index contributed by atoms with van der Waals surface area (Å²) in [6.45, 7) is 2.75. The van der Waals surface area contributed by atoms with Crippen LogP contribution in [-0.2, 0) is 13.0 Å². The molecule has 4 nitrogen and oxygen atoms in total. The standard InChI is InChI=1S/C16H16N2O2/c1-13-3-2-10-18(16(13)19)11-12-20-15-6-4-14(5-7-15)8-9-17/h2-7,10H,8,11-12H2,1H3. The van der Waals surface area contributed by atoms with E-state index in [1.165, 1.54) is 0 Å². The van der Waals surface area contributed by atoms with Crippen LogP contribution in [0.15, 0.2) is 47.4 Å². The number of nitriles is 1. The maximum absolute atomic E-state index is 11.8. The average Bonchev–Trinajstić information content (AvgIpc) is 2.46. The Labute approximate surface area is 117 Å². The molecule has 0 aliphatic heterocycles. The van der Waals surface area contributed by atoms with Crippen molar-refractivity contribution < 1.29 is 4.74 Å². The molecule has 0 radical (unpaired) electrons. The van der Waals surface area contributed by atoms with Gasteiger partial charge in [-0.15, -0.1) is 0 Å². The highest BCUT2D eigenvalue weighted by Gasteiger charge is 1.99. The third kappa shape index (κ3) is 3.48. The fourth-order valence-electron chi connectivity index (χ4n) is 1.89. The lowest BCUT2D eigenvalue weighted by Crippen LogP contribution is -2.23. The number of pyridine rings is 1. The van der Waals surface area contributed by atoms with Gasteiger partial charge in [0.15, 0.2) is 0 Å². The maximum atomic E-state index is 11.8. The van der Waals surface area contributed by atoms with Crippen molar-refractivity contribution in [3.05, 3.63) is 64.1 Å². The molecule has 1 heterocycles. The molecule has 2 aromatic rings. The van der Waals surface area contributed by atoms with Crippen molar-refractivity contribution in [3.8, 4) is 11.8 Å². The Morgan fingerprint density at radius 2 is 2.00 bits per heavy atom. The summed E-state index contributed by atoms with van der Waals surface area (Å²) in [7, 11) is 0. The quantitative estimate of drug-likeness (QED) is 0.836. The number of nitrogens with zero attached hydrogens (tertiary/aromatic N) is 2. The summed E-state index contributed by atoms with van der Waals surface area (Å²) in [5.74, 6) is 0.743. The van der Waals surface area contributed by atoms with E-state index in [0.29, 0.717) is 19.6 Å². The number of ether oxygens (including phenoxy) is 1. The zero-order valence-electron chi connectivity index (χ0n) is 11.4.